The Balaban J connectivity index is 0.989. The Hall–Kier alpha value is -7.62. The summed E-state index contributed by atoms with van der Waals surface area (Å²) in [5.41, 5.74) is 0.965. The molecule has 0 aliphatic rings. The monoisotopic (exact) mass is 756 g/mol. The van der Waals surface area contributed by atoms with Gasteiger partial charge >= 0.3 is 0 Å². The third-order valence-electron chi connectivity index (χ3n) is 8.50. The van der Waals surface area contributed by atoms with Crippen LogP contribution in [-0.2, 0) is 0 Å². The third-order valence-corrected chi connectivity index (χ3v) is 8.50. The van der Waals surface area contributed by atoms with Crippen molar-refractivity contribution in [3.05, 3.63) is 163 Å². The Morgan fingerprint density at radius 3 is 1.30 bits per heavy atom. The number of hydrogen-bond donors (Lipinski definition) is 0. The summed E-state index contributed by atoms with van der Waals surface area (Å²) in [6.07, 6.45) is 4.07. The van der Waals surface area contributed by atoms with Crippen LogP contribution < -0.4 is 9.47 Å². The van der Waals surface area contributed by atoms with Crippen molar-refractivity contribution in [3.63, 3.8) is 0 Å². The van der Waals surface area contributed by atoms with E-state index in [4.69, 9.17) is 9.47 Å². The quantitative estimate of drug-likeness (QED) is 0.0400. The summed E-state index contributed by atoms with van der Waals surface area (Å²) < 4.78 is 14.2. The third kappa shape index (κ3) is 8.60. The predicted octanol–water partition coefficient (Wildman–Crippen LogP) is 6.98. The van der Waals surface area contributed by atoms with E-state index in [2.05, 4.69) is 10.2 Å². The Kier molecular flexibility index (Phi) is 11.3. The van der Waals surface area contributed by atoms with E-state index in [9.17, 15) is 39.4 Å². The number of ether oxygens (including phenoxy) is 2. The lowest BCUT2D eigenvalue weighted by molar-refractivity contribution is -0.385. The summed E-state index contributed by atoms with van der Waals surface area (Å²) in [6, 6.07) is 24.3. The Morgan fingerprint density at radius 1 is 0.589 bits per heavy atom. The van der Waals surface area contributed by atoms with Crippen molar-refractivity contribution in [3.8, 4) is 22.9 Å². The van der Waals surface area contributed by atoms with E-state index in [0.29, 0.717) is 60.1 Å². The van der Waals surface area contributed by atoms with Crippen molar-refractivity contribution in [2.24, 2.45) is 0 Å². The molecule has 0 aliphatic heterocycles. The number of carbonyl (C=O) groups is 4. The maximum atomic E-state index is 13.4. The van der Waals surface area contributed by atoms with Gasteiger partial charge in [-0.15, -0.1) is 0 Å². The highest BCUT2D eigenvalue weighted by Gasteiger charge is 2.24. The first kappa shape index (κ1) is 38.1. The largest absolute Gasteiger partial charge is 0.494 e. The van der Waals surface area contributed by atoms with Gasteiger partial charge in [0.25, 0.3) is 11.4 Å². The SMILES string of the molecule is CC(=O)c1nn(-c2cccc([N+](=O)[O-])c2)cc1C(=O)c1ccc(OCCCCOc2ccc(C(=O)c3cn(-c4cccc([N+](=O)[O-])c4)nc3C(C)=O)cc2)cc1. The minimum Gasteiger partial charge on any atom is -0.494 e. The molecular formula is C40H32N6O10. The number of unbranched alkanes of at least 4 members (excludes halogenated alkanes) is 1. The summed E-state index contributed by atoms with van der Waals surface area (Å²) in [6.45, 7) is 3.32. The fourth-order valence-corrected chi connectivity index (χ4v) is 5.66. The lowest BCUT2D eigenvalue weighted by atomic mass is 10.0. The van der Waals surface area contributed by atoms with Gasteiger partial charge in [0.15, 0.2) is 23.1 Å². The summed E-state index contributed by atoms with van der Waals surface area (Å²) >= 11 is 0. The molecule has 0 radical (unpaired) electrons. The maximum Gasteiger partial charge on any atom is 0.271 e. The van der Waals surface area contributed by atoms with Crippen LogP contribution in [0.3, 0.4) is 0 Å². The van der Waals surface area contributed by atoms with Crippen LogP contribution >= 0.6 is 0 Å². The number of rotatable bonds is 17. The van der Waals surface area contributed by atoms with Gasteiger partial charge in [0.2, 0.25) is 0 Å². The molecule has 16 nitrogen and oxygen atoms in total. The van der Waals surface area contributed by atoms with Crippen molar-refractivity contribution < 1.29 is 38.5 Å². The molecule has 0 saturated heterocycles. The Bertz CT molecular complexity index is 2310. The Labute approximate surface area is 318 Å². The lowest BCUT2D eigenvalue weighted by Crippen LogP contribution is -2.07. The number of ketones is 4. The summed E-state index contributed by atoms with van der Waals surface area (Å²) in [5, 5.41) is 30.9. The zero-order valence-corrected chi connectivity index (χ0v) is 30.0. The topological polar surface area (TPSA) is 209 Å². The number of nitrogens with zero attached hydrogens (tertiary/aromatic N) is 6. The van der Waals surface area contributed by atoms with Crippen molar-refractivity contribution in [1.29, 1.82) is 0 Å². The first-order chi connectivity index (χ1) is 26.9. The van der Waals surface area contributed by atoms with Crippen LogP contribution in [0.1, 0.15) is 79.5 Å². The van der Waals surface area contributed by atoms with Crippen LogP contribution in [-0.4, -0.2) is 65.8 Å². The van der Waals surface area contributed by atoms with Gasteiger partial charge in [0.05, 0.1) is 45.6 Å². The fraction of sp³-hybridized carbons (Fsp3) is 0.150. The van der Waals surface area contributed by atoms with Gasteiger partial charge in [0.1, 0.15) is 22.9 Å². The van der Waals surface area contributed by atoms with Crippen molar-refractivity contribution in [1.82, 2.24) is 19.6 Å². The minimum absolute atomic E-state index is 0.0537. The summed E-state index contributed by atoms with van der Waals surface area (Å²) in [4.78, 5) is 72.7. The van der Waals surface area contributed by atoms with E-state index in [1.54, 1.807) is 60.7 Å². The smallest absolute Gasteiger partial charge is 0.271 e. The molecule has 16 heteroatoms. The molecule has 0 saturated carbocycles. The van der Waals surface area contributed by atoms with E-state index < -0.39 is 33.0 Å². The normalized spacial score (nSPS) is 10.8. The van der Waals surface area contributed by atoms with Crippen LogP contribution in [0.15, 0.2) is 109 Å². The van der Waals surface area contributed by atoms with Crippen LogP contribution in [0.5, 0.6) is 11.5 Å². The molecule has 2 aromatic heterocycles. The van der Waals surface area contributed by atoms with Gasteiger partial charge in [-0.1, -0.05) is 12.1 Å². The zero-order chi connectivity index (χ0) is 39.9. The second-order valence-corrected chi connectivity index (χ2v) is 12.4. The number of hydrogen-bond acceptors (Lipinski definition) is 12. The summed E-state index contributed by atoms with van der Waals surface area (Å²) in [5.74, 6) is -0.678. The molecule has 282 valence electrons. The van der Waals surface area contributed by atoms with Crippen LogP contribution in [0.25, 0.3) is 11.4 Å². The van der Waals surface area contributed by atoms with Gasteiger partial charge in [-0.25, -0.2) is 9.36 Å². The number of carbonyl (C=O) groups excluding carboxylic acids is 4. The first-order valence-corrected chi connectivity index (χ1v) is 17.2. The predicted molar refractivity (Wildman–Crippen MR) is 200 cm³/mol. The van der Waals surface area contributed by atoms with E-state index in [-0.39, 0.29) is 33.9 Å². The molecule has 6 rings (SSSR count). The van der Waals surface area contributed by atoms with Crippen molar-refractivity contribution in [2.75, 3.05) is 13.2 Å². The second-order valence-electron chi connectivity index (χ2n) is 12.4. The molecule has 0 unspecified atom stereocenters. The molecule has 0 fully saturated rings. The molecule has 0 amide bonds. The number of Topliss-reactive ketones (excluding diaryl/α,β-unsaturated/α-hetero) is 2. The van der Waals surface area contributed by atoms with Gasteiger partial charge < -0.3 is 9.47 Å². The molecular weight excluding hydrogens is 724 g/mol. The van der Waals surface area contributed by atoms with E-state index >= 15 is 0 Å². The molecule has 0 atom stereocenters. The van der Waals surface area contributed by atoms with Crippen LogP contribution in [0.2, 0.25) is 0 Å². The number of nitro groups is 2. The summed E-state index contributed by atoms with van der Waals surface area (Å²) in [7, 11) is 0. The molecule has 0 bridgehead atoms. The number of non-ortho nitro benzene ring substituents is 2. The minimum atomic E-state index is -0.544. The fourth-order valence-electron chi connectivity index (χ4n) is 5.66. The number of aromatic nitrogens is 4. The number of nitro benzene ring substituents is 2. The number of benzene rings is 4. The Morgan fingerprint density at radius 2 is 0.964 bits per heavy atom. The second kappa shape index (κ2) is 16.6. The molecule has 0 spiro atoms. The first-order valence-electron chi connectivity index (χ1n) is 17.2. The van der Waals surface area contributed by atoms with Crippen LogP contribution in [0.4, 0.5) is 11.4 Å². The lowest BCUT2D eigenvalue weighted by Gasteiger charge is -2.09. The van der Waals surface area contributed by atoms with Crippen molar-refractivity contribution in [2.45, 2.75) is 26.7 Å². The molecule has 0 aliphatic carbocycles. The zero-order valence-electron chi connectivity index (χ0n) is 30.0. The molecule has 6 aromatic rings. The molecule has 0 N–H and O–H groups in total. The average molecular weight is 757 g/mol. The molecule has 4 aromatic carbocycles. The standard InChI is InChI=1S/C40H32N6O10/c1-25(47)37-35(23-43(41-37)29-7-5-9-31(21-29)45(51)52)39(49)27-11-15-33(16-12-27)55-19-3-4-20-56-34-17-13-28(14-18-34)40(50)36-24-44(42-38(36)26(2)48)30-8-6-10-32(22-30)46(53)54/h5-18,21-24H,3-4,19-20H2,1-2H3. The highest BCUT2D eigenvalue weighted by Crippen LogP contribution is 2.24. The van der Waals surface area contributed by atoms with E-state index in [1.165, 1.54) is 72.0 Å². The van der Waals surface area contributed by atoms with Gasteiger partial charge in [0, 0.05) is 61.6 Å². The van der Waals surface area contributed by atoms with E-state index in [0.717, 1.165) is 0 Å². The maximum absolute atomic E-state index is 13.4. The van der Waals surface area contributed by atoms with Crippen LogP contribution in [0, 0.1) is 20.2 Å². The highest BCUT2D eigenvalue weighted by molar-refractivity contribution is 6.15. The van der Waals surface area contributed by atoms with E-state index in [1.807, 2.05) is 0 Å². The van der Waals surface area contributed by atoms with Crippen molar-refractivity contribution >= 4 is 34.5 Å². The molecule has 56 heavy (non-hydrogen) atoms. The van der Waals surface area contributed by atoms with Gasteiger partial charge in [-0.2, -0.15) is 10.2 Å². The molecule has 2 heterocycles. The average Bonchev–Trinajstić information content (AvgIpc) is 3.86. The van der Waals surface area contributed by atoms with Gasteiger partial charge in [-0.3, -0.25) is 39.4 Å². The highest BCUT2D eigenvalue weighted by atomic mass is 16.6. The van der Waals surface area contributed by atoms with Gasteiger partial charge in [-0.05, 0) is 73.5 Å².